The summed E-state index contributed by atoms with van der Waals surface area (Å²) in [7, 11) is 0. The van der Waals surface area contributed by atoms with Gasteiger partial charge in [-0.3, -0.25) is 9.59 Å². The number of hydrogen-bond donors (Lipinski definition) is 2. The molecule has 2 aromatic rings. The van der Waals surface area contributed by atoms with E-state index in [4.69, 9.17) is 9.47 Å². The fourth-order valence-corrected chi connectivity index (χ4v) is 5.21. The number of benzene rings is 2. The standard InChI is InChI=1S/C38H57N3O6/c1-11-12-13-19-24-41(34(43)31(26(2)3)40-36(45)47-38(8,9)10)32(29-23-18-17-20-27(29)4)33(42)39-30(35(44)46-37(5,6)7)25-28-21-15-14-16-22-28/h14-18,20-23,26,30-32H,11-13,19,24-25H2,1-10H3,(H,39,42)(H,40,45). The van der Waals surface area contributed by atoms with E-state index in [1.54, 1.807) is 46.4 Å². The lowest BCUT2D eigenvalue weighted by Crippen LogP contribution is -2.56. The van der Waals surface area contributed by atoms with E-state index in [0.717, 1.165) is 30.4 Å². The quantitative estimate of drug-likeness (QED) is 0.157. The van der Waals surface area contributed by atoms with Gasteiger partial charge in [0.25, 0.3) is 0 Å². The molecule has 0 saturated heterocycles. The molecule has 3 unspecified atom stereocenters. The average Bonchev–Trinajstić information content (AvgIpc) is 2.96. The summed E-state index contributed by atoms with van der Waals surface area (Å²) >= 11 is 0. The Morgan fingerprint density at radius 3 is 1.94 bits per heavy atom. The minimum absolute atomic E-state index is 0.210. The van der Waals surface area contributed by atoms with Gasteiger partial charge in [0.2, 0.25) is 11.8 Å². The van der Waals surface area contributed by atoms with Crippen LogP contribution in [0.15, 0.2) is 54.6 Å². The van der Waals surface area contributed by atoms with Crippen molar-refractivity contribution < 1.29 is 28.7 Å². The van der Waals surface area contributed by atoms with E-state index in [1.807, 2.05) is 75.4 Å². The Kier molecular flexibility index (Phi) is 14.9. The van der Waals surface area contributed by atoms with Crippen LogP contribution in [0.1, 0.15) is 111 Å². The van der Waals surface area contributed by atoms with Crippen LogP contribution in [0, 0.1) is 12.8 Å². The minimum atomic E-state index is -1.08. The number of ether oxygens (including phenoxy) is 2. The molecule has 9 heteroatoms. The molecule has 260 valence electrons. The number of rotatable bonds is 15. The van der Waals surface area contributed by atoms with Crippen molar-refractivity contribution in [3.8, 4) is 0 Å². The summed E-state index contributed by atoms with van der Waals surface area (Å²) in [5.41, 5.74) is 0.775. The van der Waals surface area contributed by atoms with Crippen molar-refractivity contribution in [2.45, 2.75) is 131 Å². The molecule has 0 aliphatic carbocycles. The smallest absolute Gasteiger partial charge is 0.408 e. The number of carbonyl (C=O) groups excluding carboxylic acids is 4. The van der Waals surface area contributed by atoms with E-state index >= 15 is 0 Å². The topological polar surface area (TPSA) is 114 Å². The third-order valence-electron chi connectivity index (χ3n) is 7.47. The van der Waals surface area contributed by atoms with Crippen LogP contribution in [0.4, 0.5) is 4.79 Å². The zero-order valence-corrected chi connectivity index (χ0v) is 30.1. The van der Waals surface area contributed by atoms with Gasteiger partial charge in [-0.2, -0.15) is 0 Å². The fourth-order valence-electron chi connectivity index (χ4n) is 5.21. The van der Waals surface area contributed by atoms with E-state index in [9.17, 15) is 19.2 Å². The van der Waals surface area contributed by atoms with E-state index in [2.05, 4.69) is 17.6 Å². The first-order valence-corrected chi connectivity index (χ1v) is 16.9. The predicted molar refractivity (Wildman–Crippen MR) is 186 cm³/mol. The second-order valence-electron chi connectivity index (χ2n) is 14.5. The number of nitrogens with zero attached hydrogens (tertiary/aromatic N) is 1. The third-order valence-corrected chi connectivity index (χ3v) is 7.47. The van der Waals surface area contributed by atoms with Crippen molar-refractivity contribution in [2.24, 2.45) is 5.92 Å². The minimum Gasteiger partial charge on any atom is -0.458 e. The maximum atomic E-state index is 14.6. The van der Waals surface area contributed by atoms with Gasteiger partial charge in [-0.05, 0) is 77.5 Å². The lowest BCUT2D eigenvalue weighted by atomic mass is 9.95. The zero-order valence-electron chi connectivity index (χ0n) is 30.1. The Labute approximate surface area is 282 Å². The van der Waals surface area contributed by atoms with Gasteiger partial charge in [0.05, 0.1) is 0 Å². The molecule has 9 nitrogen and oxygen atoms in total. The summed E-state index contributed by atoms with van der Waals surface area (Å²) in [6.45, 7) is 18.6. The van der Waals surface area contributed by atoms with Gasteiger partial charge in [0.15, 0.2) is 0 Å². The molecule has 0 bridgehead atoms. The molecule has 0 aliphatic heterocycles. The third kappa shape index (κ3) is 13.4. The highest BCUT2D eigenvalue weighted by atomic mass is 16.6. The first kappa shape index (κ1) is 39.3. The number of amides is 3. The highest BCUT2D eigenvalue weighted by Gasteiger charge is 2.39. The summed E-state index contributed by atoms with van der Waals surface area (Å²) in [6, 6.07) is 13.8. The number of carbonyl (C=O) groups is 4. The van der Waals surface area contributed by atoms with Crippen LogP contribution in [0.25, 0.3) is 0 Å². The van der Waals surface area contributed by atoms with E-state index in [0.29, 0.717) is 12.0 Å². The summed E-state index contributed by atoms with van der Waals surface area (Å²) in [4.78, 5) is 57.1. The van der Waals surface area contributed by atoms with Gasteiger partial charge in [-0.1, -0.05) is 94.6 Å². The van der Waals surface area contributed by atoms with Crippen molar-refractivity contribution in [1.29, 1.82) is 0 Å². The molecule has 0 aromatic heterocycles. The molecule has 0 spiro atoms. The van der Waals surface area contributed by atoms with Crippen molar-refractivity contribution in [2.75, 3.05) is 6.54 Å². The number of aryl methyl sites for hydroxylation is 1. The molecular weight excluding hydrogens is 594 g/mol. The fraction of sp³-hybridized carbons (Fsp3) is 0.579. The van der Waals surface area contributed by atoms with Crippen molar-refractivity contribution in [1.82, 2.24) is 15.5 Å². The zero-order chi connectivity index (χ0) is 35.4. The Hall–Kier alpha value is -3.88. The van der Waals surface area contributed by atoms with Crippen LogP contribution in [0.5, 0.6) is 0 Å². The number of unbranched alkanes of at least 4 members (excludes halogenated alkanes) is 3. The summed E-state index contributed by atoms with van der Waals surface area (Å²) in [5, 5.41) is 5.75. The predicted octanol–water partition coefficient (Wildman–Crippen LogP) is 7.06. The second-order valence-corrected chi connectivity index (χ2v) is 14.5. The summed E-state index contributed by atoms with van der Waals surface area (Å²) in [5.74, 6) is -1.77. The van der Waals surface area contributed by atoms with Gasteiger partial charge >= 0.3 is 12.1 Å². The van der Waals surface area contributed by atoms with Crippen LogP contribution >= 0.6 is 0 Å². The average molecular weight is 652 g/mol. The molecule has 0 fully saturated rings. The maximum Gasteiger partial charge on any atom is 0.408 e. The molecule has 2 aromatic carbocycles. The lowest BCUT2D eigenvalue weighted by molar-refractivity contribution is -0.159. The van der Waals surface area contributed by atoms with Crippen molar-refractivity contribution in [3.63, 3.8) is 0 Å². The van der Waals surface area contributed by atoms with Gasteiger partial charge in [0, 0.05) is 13.0 Å². The van der Waals surface area contributed by atoms with Crippen LogP contribution in [0.3, 0.4) is 0 Å². The number of esters is 1. The van der Waals surface area contributed by atoms with Crippen molar-refractivity contribution >= 4 is 23.9 Å². The van der Waals surface area contributed by atoms with Crippen LogP contribution in [-0.4, -0.2) is 58.6 Å². The molecule has 0 aliphatic rings. The molecule has 2 N–H and O–H groups in total. The van der Waals surface area contributed by atoms with Crippen LogP contribution in [-0.2, 0) is 30.3 Å². The largest absolute Gasteiger partial charge is 0.458 e. The molecule has 47 heavy (non-hydrogen) atoms. The Morgan fingerprint density at radius 2 is 1.38 bits per heavy atom. The molecular formula is C38H57N3O6. The molecule has 0 heterocycles. The Bertz CT molecular complexity index is 1310. The van der Waals surface area contributed by atoms with E-state index in [-0.39, 0.29) is 18.9 Å². The second kappa shape index (κ2) is 17.9. The van der Waals surface area contributed by atoms with Gasteiger partial charge in [-0.15, -0.1) is 0 Å². The highest BCUT2D eigenvalue weighted by molar-refractivity contribution is 5.94. The van der Waals surface area contributed by atoms with E-state index < -0.39 is 53.2 Å². The molecule has 2 rings (SSSR count). The first-order chi connectivity index (χ1) is 21.9. The number of alkyl carbamates (subject to hydrolysis) is 1. The number of hydrogen-bond acceptors (Lipinski definition) is 6. The summed E-state index contributed by atoms with van der Waals surface area (Å²) < 4.78 is 11.2. The SMILES string of the molecule is CCCCCCN(C(=O)C(NC(=O)OC(C)(C)C)C(C)C)C(C(=O)NC(Cc1ccccc1)C(=O)OC(C)(C)C)c1ccccc1C. The monoisotopic (exact) mass is 651 g/mol. The molecule has 0 saturated carbocycles. The summed E-state index contributed by atoms with van der Waals surface area (Å²) in [6.07, 6.45) is 3.00. The van der Waals surface area contributed by atoms with Crippen molar-refractivity contribution in [3.05, 3.63) is 71.3 Å². The van der Waals surface area contributed by atoms with E-state index in [1.165, 1.54) is 0 Å². The first-order valence-electron chi connectivity index (χ1n) is 16.9. The van der Waals surface area contributed by atoms with Gasteiger partial charge < -0.3 is 25.0 Å². The van der Waals surface area contributed by atoms with Crippen LogP contribution in [0.2, 0.25) is 0 Å². The molecule has 3 amide bonds. The maximum absolute atomic E-state index is 14.6. The lowest BCUT2D eigenvalue weighted by Gasteiger charge is -2.37. The number of nitrogens with one attached hydrogen (secondary N) is 2. The van der Waals surface area contributed by atoms with Crippen LogP contribution < -0.4 is 10.6 Å². The normalized spacial score (nSPS) is 13.7. The Morgan fingerprint density at radius 1 is 0.787 bits per heavy atom. The Balaban J connectivity index is 2.62. The molecule has 0 radical (unpaired) electrons. The highest BCUT2D eigenvalue weighted by Crippen LogP contribution is 2.28. The van der Waals surface area contributed by atoms with Gasteiger partial charge in [0.1, 0.15) is 29.3 Å². The van der Waals surface area contributed by atoms with Gasteiger partial charge in [-0.25, -0.2) is 9.59 Å². The molecule has 3 atom stereocenters.